The van der Waals surface area contributed by atoms with Crippen molar-refractivity contribution >= 4 is 22.9 Å². The molecular weight excluding hydrogens is 295 g/mol. The smallest absolute Gasteiger partial charge is 0.142 e. The Bertz CT molecular complexity index is 545. The van der Waals surface area contributed by atoms with Gasteiger partial charge >= 0.3 is 0 Å². The number of nitrogens with two attached hydrogens (primary N) is 1. The fourth-order valence-electron chi connectivity index (χ4n) is 2.19. The molecule has 1 aromatic carbocycles. The fraction of sp³-hybridized carbons (Fsp3) is 0.333. The highest BCUT2D eigenvalue weighted by Gasteiger charge is 2.16. The Morgan fingerprint density at radius 1 is 1.40 bits per heavy atom. The number of hydrogen-bond donors (Lipinski definition) is 1. The Kier molecular flexibility index (Phi) is 5.54. The Morgan fingerprint density at radius 3 is 2.80 bits per heavy atom. The molecule has 0 aliphatic rings. The molecule has 0 fully saturated rings. The summed E-state index contributed by atoms with van der Waals surface area (Å²) in [6.45, 7) is 1.33. The normalized spacial score (nSPS) is 12.8. The molecule has 1 atom stereocenters. The maximum atomic E-state index is 13.6. The molecular formula is C15H18ClFN2S. The summed E-state index contributed by atoms with van der Waals surface area (Å²) >= 11 is 7.47. The van der Waals surface area contributed by atoms with E-state index in [1.165, 1.54) is 10.9 Å². The molecule has 5 heteroatoms. The summed E-state index contributed by atoms with van der Waals surface area (Å²) in [4.78, 5) is 3.50. The number of hydrogen-bond acceptors (Lipinski definition) is 3. The van der Waals surface area contributed by atoms with Gasteiger partial charge in [-0.3, -0.25) is 4.90 Å². The van der Waals surface area contributed by atoms with Crippen molar-refractivity contribution < 1.29 is 4.39 Å². The molecule has 20 heavy (non-hydrogen) atoms. The fourth-order valence-corrected chi connectivity index (χ4v) is 3.00. The lowest BCUT2D eigenvalue weighted by Crippen LogP contribution is -2.32. The van der Waals surface area contributed by atoms with Crippen molar-refractivity contribution in [1.82, 2.24) is 4.90 Å². The molecule has 0 bridgehead atoms. The van der Waals surface area contributed by atoms with Crippen LogP contribution in [0.4, 0.5) is 4.39 Å². The van der Waals surface area contributed by atoms with Gasteiger partial charge in [-0.25, -0.2) is 4.39 Å². The zero-order chi connectivity index (χ0) is 14.5. The lowest BCUT2D eigenvalue weighted by atomic mass is 10.1. The summed E-state index contributed by atoms with van der Waals surface area (Å²) in [5, 5.41) is 2.22. The molecule has 0 aliphatic carbocycles. The van der Waals surface area contributed by atoms with Gasteiger partial charge in [0, 0.05) is 24.0 Å². The molecule has 1 aromatic heterocycles. The van der Waals surface area contributed by atoms with Gasteiger partial charge in [0.05, 0.1) is 5.02 Å². The number of thiophene rings is 1. The van der Waals surface area contributed by atoms with Crippen LogP contribution in [0.15, 0.2) is 35.7 Å². The van der Waals surface area contributed by atoms with Crippen LogP contribution in [-0.4, -0.2) is 25.0 Å². The van der Waals surface area contributed by atoms with Crippen molar-refractivity contribution in [3.8, 4) is 0 Å². The second kappa shape index (κ2) is 7.18. The topological polar surface area (TPSA) is 29.3 Å². The zero-order valence-corrected chi connectivity index (χ0v) is 12.9. The number of nitrogens with zero attached hydrogens (tertiary/aromatic N) is 1. The summed E-state index contributed by atoms with van der Waals surface area (Å²) in [6, 6.07) is 9.07. The summed E-state index contributed by atoms with van der Waals surface area (Å²) < 4.78 is 13.6. The van der Waals surface area contributed by atoms with E-state index in [0.717, 1.165) is 18.5 Å². The summed E-state index contributed by atoms with van der Waals surface area (Å²) in [5.74, 6) is -0.394. The van der Waals surface area contributed by atoms with Crippen LogP contribution in [0, 0.1) is 5.82 Å². The minimum absolute atomic E-state index is 0.00160. The maximum absolute atomic E-state index is 13.6. The number of halogens is 2. The Morgan fingerprint density at radius 2 is 2.20 bits per heavy atom. The summed E-state index contributed by atoms with van der Waals surface area (Å²) in [6.07, 6.45) is 0.973. The van der Waals surface area contributed by atoms with E-state index in [9.17, 15) is 4.39 Å². The first kappa shape index (κ1) is 15.4. The first-order valence-electron chi connectivity index (χ1n) is 6.49. The van der Waals surface area contributed by atoms with E-state index in [1.807, 2.05) is 13.1 Å². The molecule has 0 aliphatic heterocycles. The molecule has 1 unspecified atom stereocenters. The van der Waals surface area contributed by atoms with Crippen molar-refractivity contribution in [2.45, 2.75) is 12.5 Å². The van der Waals surface area contributed by atoms with Crippen LogP contribution in [0.1, 0.15) is 16.5 Å². The highest BCUT2D eigenvalue weighted by atomic mass is 35.5. The largest absolute Gasteiger partial charge is 0.329 e. The van der Waals surface area contributed by atoms with Crippen LogP contribution in [0.5, 0.6) is 0 Å². The van der Waals surface area contributed by atoms with Gasteiger partial charge < -0.3 is 5.73 Å². The van der Waals surface area contributed by atoms with E-state index in [1.54, 1.807) is 17.4 Å². The third-order valence-corrected chi connectivity index (χ3v) is 4.62. The molecule has 2 N–H and O–H groups in total. The number of benzene rings is 1. The third kappa shape index (κ3) is 3.79. The van der Waals surface area contributed by atoms with E-state index in [-0.39, 0.29) is 11.1 Å². The Balaban J connectivity index is 2.04. The molecule has 0 saturated carbocycles. The molecule has 2 aromatic rings. The monoisotopic (exact) mass is 312 g/mol. The zero-order valence-electron chi connectivity index (χ0n) is 11.4. The highest BCUT2D eigenvalue weighted by Crippen LogP contribution is 2.23. The minimum atomic E-state index is -0.394. The second-order valence-corrected chi connectivity index (χ2v) is 6.17. The summed E-state index contributed by atoms with van der Waals surface area (Å²) in [5.41, 5.74) is 6.71. The SMILES string of the molecule is CN(CCc1cccs1)C(CN)c1ccc(Cl)c(F)c1. The van der Waals surface area contributed by atoms with Crippen molar-refractivity contribution in [3.05, 3.63) is 57.0 Å². The quantitative estimate of drug-likeness (QED) is 0.881. The Labute approximate surface area is 128 Å². The molecule has 0 saturated heterocycles. The molecule has 0 radical (unpaired) electrons. The lowest BCUT2D eigenvalue weighted by molar-refractivity contribution is 0.253. The minimum Gasteiger partial charge on any atom is -0.329 e. The van der Waals surface area contributed by atoms with E-state index < -0.39 is 5.82 Å². The second-order valence-electron chi connectivity index (χ2n) is 4.74. The van der Waals surface area contributed by atoms with Crippen LogP contribution in [0.2, 0.25) is 5.02 Å². The standard InChI is InChI=1S/C15H18ClFN2S/c1-19(7-6-12-3-2-8-20-12)15(10-18)11-4-5-13(16)14(17)9-11/h2-5,8-9,15H,6-7,10,18H2,1H3. The van der Waals surface area contributed by atoms with Crippen molar-refractivity contribution in [1.29, 1.82) is 0 Å². The number of rotatable bonds is 6. The third-order valence-electron chi connectivity index (χ3n) is 3.37. The average molecular weight is 313 g/mol. The van der Waals surface area contributed by atoms with Gasteiger partial charge in [-0.15, -0.1) is 11.3 Å². The summed E-state index contributed by atoms with van der Waals surface area (Å²) in [7, 11) is 2.01. The molecule has 0 spiro atoms. The predicted octanol–water partition coefficient (Wildman–Crippen LogP) is 3.71. The highest BCUT2D eigenvalue weighted by molar-refractivity contribution is 7.09. The van der Waals surface area contributed by atoms with E-state index >= 15 is 0 Å². The van der Waals surface area contributed by atoms with E-state index in [4.69, 9.17) is 17.3 Å². The van der Waals surface area contributed by atoms with Crippen molar-refractivity contribution in [2.75, 3.05) is 20.1 Å². The van der Waals surface area contributed by atoms with Crippen LogP contribution in [-0.2, 0) is 6.42 Å². The average Bonchev–Trinajstić information content (AvgIpc) is 2.94. The lowest BCUT2D eigenvalue weighted by Gasteiger charge is -2.27. The molecule has 2 rings (SSSR count). The van der Waals surface area contributed by atoms with Gasteiger partial charge in [0.1, 0.15) is 5.82 Å². The van der Waals surface area contributed by atoms with E-state index in [0.29, 0.717) is 6.54 Å². The van der Waals surface area contributed by atoms with Crippen molar-refractivity contribution in [2.24, 2.45) is 5.73 Å². The number of likely N-dealkylation sites (N-methyl/N-ethyl adjacent to an activating group) is 1. The molecule has 0 amide bonds. The Hall–Kier alpha value is -0.940. The molecule has 108 valence electrons. The molecule has 1 heterocycles. The van der Waals surface area contributed by atoms with Gasteiger partial charge in [-0.05, 0) is 42.6 Å². The predicted molar refractivity (Wildman–Crippen MR) is 83.9 cm³/mol. The van der Waals surface area contributed by atoms with Gasteiger partial charge in [0.15, 0.2) is 0 Å². The van der Waals surface area contributed by atoms with Gasteiger partial charge in [-0.2, -0.15) is 0 Å². The van der Waals surface area contributed by atoms with Crippen LogP contribution in [0.3, 0.4) is 0 Å². The van der Waals surface area contributed by atoms with Gasteiger partial charge in [0.25, 0.3) is 0 Å². The first-order valence-corrected chi connectivity index (χ1v) is 7.75. The van der Waals surface area contributed by atoms with Crippen LogP contribution < -0.4 is 5.73 Å². The maximum Gasteiger partial charge on any atom is 0.142 e. The van der Waals surface area contributed by atoms with E-state index in [2.05, 4.69) is 22.4 Å². The van der Waals surface area contributed by atoms with Crippen molar-refractivity contribution in [3.63, 3.8) is 0 Å². The van der Waals surface area contributed by atoms with Crippen LogP contribution >= 0.6 is 22.9 Å². The van der Waals surface area contributed by atoms with Gasteiger partial charge in [0.2, 0.25) is 0 Å². The molecule has 2 nitrogen and oxygen atoms in total. The van der Waals surface area contributed by atoms with Gasteiger partial charge in [-0.1, -0.05) is 23.7 Å². The first-order chi connectivity index (χ1) is 9.61. The van der Waals surface area contributed by atoms with Crippen LogP contribution in [0.25, 0.3) is 0 Å².